The van der Waals surface area contributed by atoms with Crippen molar-refractivity contribution in [2.45, 2.75) is 20.0 Å². The van der Waals surface area contributed by atoms with Crippen LogP contribution in [0.25, 0.3) is 0 Å². The molecule has 24 heavy (non-hydrogen) atoms. The van der Waals surface area contributed by atoms with Crippen LogP contribution in [0, 0.1) is 0 Å². The number of rotatable bonds is 7. The van der Waals surface area contributed by atoms with Crippen molar-refractivity contribution in [3.63, 3.8) is 0 Å². The molecular formula is C20H22N2O2. The monoisotopic (exact) mass is 322 g/mol. The lowest BCUT2D eigenvalue weighted by Gasteiger charge is -2.19. The molecule has 0 fully saturated rings. The lowest BCUT2D eigenvalue weighted by Crippen LogP contribution is -2.21. The van der Waals surface area contributed by atoms with E-state index in [-0.39, 0.29) is 5.97 Å². The van der Waals surface area contributed by atoms with Gasteiger partial charge in [-0.1, -0.05) is 60.7 Å². The van der Waals surface area contributed by atoms with Crippen molar-refractivity contribution >= 4 is 12.3 Å². The Balaban J connectivity index is 2.11. The van der Waals surface area contributed by atoms with E-state index in [1.165, 1.54) is 24.4 Å². The Bertz CT molecular complexity index is 653. The summed E-state index contributed by atoms with van der Waals surface area (Å²) in [5, 5.41) is 0. The number of carbonyl (C=O) groups is 1. The van der Waals surface area contributed by atoms with Crippen molar-refractivity contribution in [3.8, 4) is 0 Å². The molecule has 0 radical (unpaired) electrons. The fourth-order valence-electron chi connectivity index (χ4n) is 2.23. The maximum Gasteiger partial charge on any atom is 0.334 e. The Morgan fingerprint density at radius 2 is 1.50 bits per heavy atom. The van der Waals surface area contributed by atoms with Crippen molar-refractivity contribution in [2.75, 3.05) is 7.11 Å². The molecule has 0 saturated heterocycles. The van der Waals surface area contributed by atoms with Crippen molar-refractivity contribution in [1.82, 2.24) is 4.90 Å². The Morgan fingerprint density at radius 1 is 1.00 bits per heavy atom. The molecule has 0 aliphatic heterocycles. The molecule has 124 valence electrons. The van der Waals surface area contributed by atoms with Crippen molar-refractivity contribution in [1.29, 1.82) is 0 Å². The number of benzene rings is 2. The van der Waals surface area contributed by atoms with E-state index in [2.05, 4.69) is 38.9 Å². The van der Waals surface area contributed by atoms with Gasteiger partial charge in [-0.25, -0.2) is 9.79 Å². The van der Waals surface area contributed by atoms with E-state index in [0.29, 0.717) is 5.57 Å². The third kappa shape index (κ3) is 5.72. The maximum absolute atomic E-state index is 11.4. The topological polar surface area (TPSA) is 41.9 Å². The standard InChI is InChI=1S/C20H22N2O2/c1-17(20(23)24-2)13-21-16-22(14-18-9-5-3-6-10-18)15-19-11-7-4-8-12-19/h3-13,16H,14-15H2,1-2H3/b17-13+,21-16?. The summed E-state index contributed by atoms with van der Waals surface area (Å²) in [6.07, 6.45) is 3.28. The number of methoxy groups -OCH3 is 1. The fraction of sp³-hybridized carbons (Fsp3) is 0.200. The smallest absolute Gasteiger partial charge is 0.334 e. The highest BCUT2D eigenvalue weighted by Gasteiger charge is 2.04. The SMILES string of the molecule is COC(=O)/C(C)=C/N=CN(Cc1ccccc1)Cc1ccccc1. The molecule has 4 heteroatoms. The second kappa shape index (κ2) is 9.30. The molecule has 0 N–H and O–H groups in total. The minimum absolute atomic E-state index is 0.371. The summed E-state index contributed by atoms with van der Waals surface area (Å²) in [7, 11) is 1.36. The van der Waals surface area contributed by atoms with E-state index in [4.69, 9.17) is 0 Å². The number of esters is 1. The predicted molar refractivity (Wildman–Crippen MR) is 96.4 cm³/mol. The minimum atomic E-state index is -0.371. The summed E-state index contributed by atoms with van der Waals surface area (Å²) in [4.78, 5) is 17.8. The highest BCUT2D eigenvalue weighted by molar-refractivity contribution is 5.87. The first-order valence-electron chi connectivity index (χ1n) is 7.79. The molecule has 2 aromatic rings. The zero-order valence-electron chi connectivity index (χ0n) is 14.1. The maximum atomic E-state index is 11.4. The van der Waals surface area contributed by atoms with Crippen LogP contribution in [0.5, 0.6) is 0 Å². The third-order valence-corrected chi connectivity index (χ3v) is 3.46. The molecule has 0 atom stereocenters. The van der Waals surface area contributed by atoms with Crippen LogP contribution in [-0.4, -0.2) is 24.3 Å². The minimum Gasteiger partial charge on any atom is -0.466 e. The number of hydrogen-bond acceptors (Lipinski definition) is 3. The molecule has 0 amide bonds. The number of nitrogens with zero attached hydrogens (tertiary/aromatic N) is 2. The van der Waals surface area contributed by atoms with Crippen LogP contribution < -0.4 is 0 Å². The quantitative estimate of drug-likeness (QED) is 0.337. The van der Waals surface area contributed by atoms with Crippen molar-refractivity contribution in [2.24, 2.45) is 4.99 Å². The summed E-state index contributed by atoms with van der Waals surface area (Å²) >= 11 is 0. The lowest BCUT2D eigenvalue weighted by molar-refractivity contribution is -0.136. The van der Waals surface area contributed by atoms with Gasteiger partial charge in [0.05, 0.1) is 19.0 Å². The van der Waals surface area contributed by atoms with Crippen molar-refractivity contribution < 1.29 is 9.53 Å². The van der Waals surface area contributed by atoms with E-state index in [1.807, 2.05) is 36.4 Å². The molecule has 2 rings (SSSR count). The van der Waals surface area contributed by atoms with Gasteiger partial charge in [-0.3, -0.25) is 0 Å². The Hall–Kier alpha value is -2.88. The molecule has 0 heterocycles. The zero-order valence-corrected chi connectivity index (χ0v) is 14.1. The average Bonchev–Trinajstić information content (AvgIpc) is 2.62. The van der Waals surface area contributed by atoms with Crippen LogP contribution in [0.15, 0.2) is 77.4 Å². The van der Waals surface area contributed by atoms with Crippen LogP contribution >= 0.6 is 0 Å². The van der Waals surface area contributed by atoms with E-state index in [9.17, 15) is 4.79 Å². The molecule has 2 aromatic carbocycles. The lowest BCUT2D eigenvalue weighted by atomic mass is 10.2. The largest absolute Gasteiger partial charge is 0.466 e. The fourth-order valence-corrected chi connectivity index (χ4v) is 2.23. The molecular weight excluding hydrogens is 300 g/mol. The second-order valence-corrected chi connectivity index (χ2v) is 5.44. The van der Waals surface area contributed by atoms with Crippen LogP contribution in [0.1, 0.15) is 18.1 Å². The summed E-state index contributed by atoms with van der Waals surface area (Å²) in [6, 6.07) is 20.4. The number of ether oxygens (including phenoxy) is 1. The van der Waals surface area contributed by atoms with Gasteiger partial charge in [0.1, 0.15) is 0 Å². The Morgan fingerprint density at radius 3 is 1.96 bits per heavy atom. The van der Waals surface area contributed by atoms with Gasteiger partial charge >= 0.3 is 5.97 Å². The summed E-state index contributed by atoms with van der Waals surface area (Å²) in [5.74, 6) is -0.371. The molecule has 0 aliphatic carbocycles. The Labute approximate surface area is 143 Å². The van der Waals surface area contributed by atoms with Gasteiger partial charge in [-0.2, -0.15) is 0 Å². The molecule has 0 unspecified atom stereocenters. The summed E-state index contributed by atoms with van der Waals surface area (Å²) in [5.41, 5.74) is 2.87. The van der Waals surface area contributed by atoms with Gasteiger partial charge in [0.2, 0.25) is 0 Å². The highest BCUT2D eigenvalue weighted by atomic mass is 16.5. The molecule has 0 spiro atoms. The molecule has 0 bridgehead atoms. The summed E-state index contributed by atoms with van der Waals surface area (Å²) < 4.78 is 4.67. The average molecular weight is 322 g/mol. The van der Waals surface area contributed by atoms with Gasteiger partial charge < -0.3 is 9.64 Å². The second-order valence-electron chi connectivity index (χ2n) is 5.44. The van der Waals surface area contributed by atoms with Crippen molar-refractivity contribution in [3.05, 3.63) is 83.6 Å². The first-order valence-corrected chi connectivity index (χ1v) is 7.79. The third-order valence-electron chi connectivity index (χ3n) is 3.46. The van der Waals surface area contributed by atoms with Crippen LogP contribution in [-0.2, 0) is 22.6 Å². The number of hydrogen-bond donors (Lipinski definition) is 0. The van der Waals surface area contributed by atoms with Gasteiger partial charge in [0, 0.05) is 19.3 Å². The van der Waals surface area contributed by atoms with Gasteiger partial charge in [0.25, 0.3) is 0 Å². The first kappa shape index (κ1) is 17.5. The molecule has 0 saturated carbocycles. The van der Waals surface area contributed by atoms with Crippen LogP contribution in [0.4, 0.5) is 0 Å². The van der Waals surface area contributed by atoms with Gasteiger partial charge in [0.15, 0.2) is 0 Å². The molecule has 4 nitrogen and oxygen atoms in total. The van der Waals surface area contributed by atoms with Gasteiger partial charge in [-0.05, 0) is 18.1 Å². The Kier molecular flexibility index (Phi) is 6.77. The van der Waals surface area contributed by atoms with E-state index >= 15 is 0 Å². The van der Waals surface area contributed by atoms with Gasteiger partial charge in [-0.15, -0.1) is 0 Å². The van der Waals surface area contributed by atoms with Crippen LogP contribution in [0.2, 0.25) is 0 Å². The normalized spacial score (nSPS) is 11.5. The predicted octanol–water partition coefficient (Wildman–Crippen LogP) is 3.79. The number of aliphatic imine (C=N–C) groups is 1. The summed E-state index contributed by atoms with van der Waals surface area (Å²) in [6.45, 7) is 3.16. The zero-order chi connectivity index (χ0) is 17.2. The molecule has 0 aliphatic rings. The van der Waals surface area contributed by atoms with Crippen LogP contribution in [0.3, 0.4) is 0 Å². The highest BCUT2D eigenvalue weighted by Crippen LogP contribution is 2.08. The first-order chi connectivity index (χ1) is 11.7. The van der Waals surface area contributed by atoms with E-state index in [0.717, 1.165) is 13.1 Å². The van der Waals surface area contributed by atoms with E-state index < -0.39 is 0 Å². The molecule has 0 aromatic heterocycles. The van der Waals surface area contributed by atoms with E-state index in [1.54, 1.807) is 13.3 Å². The number of carbonyl (C=O) groups excluding carboxylic acids is 1.